The number of benzene rings is 17. The van der Waals surface area contributed by atoms with E-state index in [0.29, 0.717) is 0 Å². The molecule has 0 saturated carbocycles. The first-order valence-corrected chi connectivity index (χ1v) is 31.1. The fourth-order valence-corrected chi connectivity index (χ4v) is 15.3. The normalized spacial score (nSPS) is 12.0. The lowest BCUT2D eigenvalue weighted by Crippen LogP contribution is -2.10. The second kappa shape index (κ2) is 19.8. The van der Waals surface area contributed by atoms with Crippen molar-refractivity contribution in [3.8, 4) is 33.6 Å². The third kappa shape index (κ3) is 7.49. The number of rotatable bonds is 10. The highest BCUT2D eigenvalue weighted by atomic mass is 15.2. The summed E-state index contributed by atoms with van der Waals surface area (Å²) in [6.45, 7) is 0. The zero-order chi connectivity index (χ0) is 59.0. The van der Waals surface area contributed by atoms with Crippen molar-refractivity contribution in [2.24, 2.45) is 0 Å². The Bertz CT molecular complexity index is 5650. The van der Waals surface area contributed by atoms with Crippen molar-refractivity contribution >= 4 is 142 Å². The minimum Gasteiger partial charge on any atom is -0.310 e. The van der Waals surface area contributed by atoms with E-state index >= 15 is 0 Å². The van der Waals surface area contributed by atoms with Gasteiger partial charge in [0.05, 0.1) is 33.4 Å². The number of fused-ring (bicyclic) bond motifs is 6. The lowest BCUT2D eigenvalue weighted by Gasteiger charge is -2.28. The van der Waals surface area contributed by atoms with Crippen molar-refractivity contribution in [2.75, 3.05) is 9.80 Å². The summed E-state index contributed by atoms with van der Waals surface area (Å²) in [5.41, 5.74) is 18.6. The molecule has 0 aliphatic rings. The molecule has 17 aromatic carbocycles. The zero-order valence-corrected chi connectivity index (χ0v) is 49.0. The zero-order valence-electron chi connectivity index (χ0n) is 49.0. The second-order valence-electron chi connectivity index (χ2n) is 23.9. The van der Waals surface area contributed by atoms with Gasteiger partial charge >= 0.3 is 0 Å². The van der Waals surface area contributed by atoms with Gasteiger partial charge in [0, 0.05) is 66.4 Å². The summed E-state index contributed by atoms with van der Waals surface area (Å²) >= 11 is 0. The lowest BCUT2D eigenvalue weighted by atomic mass is 9.84. The van der Waals surface area contributed by atoms with Gasteiger partial charge in [0.1, 0.15) is 0 Å². The molecule has 0 atom stereocenters. The van der Waals surface area contributed by atoms with E-state index in [1.165, 1.54) is 131 Å². The number of para-hydroxylation sites is 6. The van der Waals surface area contributed by atoms with Crippen LogP contribution in [0.1, 0.15) is 0 Å². The Kier molecular flexibility index (Phi) is 11.0. The molecule has 0 fully saturated rings. The molecular formula is C86H54N4. The fourth-order valence-electron chi connectivity index (χ4n) is 15.3. The van der Waals surface area contributed by atoms with Crippen molar-refractivity contribution in [3.63, 3.8) is 0 Å². The van der Waals surface area contributed by atoms with Gasteiger partial charge in [-0.1, -0.05) is 218 Å². The average molecular weight is 1140 g/mol. The molecule has 0 amide bonds. The number of hydrogen-bond donors (Lipinski definition) is 0. The maximum atomic E-state index is 2.46. The fraction of sp³-hybridized carbons (Fsp3) is 0. The largest absolute Gasteiger partial charge is 0.310 e. The van der Waals surface area contributed by atoms with Crippen LogP contribution in [0, 0.1) is 0 Å². The topological polar surface area (TPSA) is 16.3 Å². The van der Waals surface area contributed by atoms with Crippen LogP contribution in [0.4, 0.5) is 34.1 Å². The molecule has 2 aromatic heterocycles. The molecule has 2 heterocycles. The molecule has 0 bridgehead atoms. The average Bonchev–Trinajstić information content (AvgIpc) is 1.26. The van der Waals surface area contributed by atoms with Crippen molar-refractivity contribution < 1.29 is 0 Å². The van der Waals surface area contributed by atoms with Gasteiger partial charge in [0.2, 0.25) is 0 Å². The smallest absolute Gasteiger partial charge is 0.0542 e. The maximum Gasteiger partial charge on any atom is 0.0542 e. The molecule has 0 saturated heterocycles. The Morgan fingerprint density at radius 2 is 0.511 bits per heavy atom. The predicted octanol–water partition coefficient (Wildman–Crippen LogP) is 23.9. The van der Waals surface area contributed by atoms with Crippen LogP contribution < -0.4 is 9.80 Å². The Balaban J connectivity index is 0.764. The molecule has 90 heavy (non-hydrogen) atoms. The van der Waals surface area contributed by atoms with Gasteiger partial charge in [-0.3, -0.25) is 0 Å². The van der Waals surface area contributed by atoms with Gasteiger partial charge in [0.25, 0.3) is 0 Å². The van der Waals surface area contributed by atoms with Gasteiger partial charge < -0.3 is 18.9 Å². The minimum atomic E-state index is 1.10. The SMILES string of the molecule is c1ccc(N(c2ccc3c(c2)c2ccccc2n3-c2ccccc2)c2ccc3ccc4c(-c5ccccc5-c5ccc6ccc7c(N(c8ccccc8)c8ccc9c(c8)c8ccccc8n9-c8ccccc8)ccc8ccc5c6c87)ccc5ccc2c3c54)cc1. The standard InChI is InChI=1S/C86H54N4/c1-5-19-59(20-6-1)87(63-41-51-81-75(53-63)69-29-15-17-31-77(69)89(81)61-23-9-3-10-24-61)79-49-39-57-35-45-71-67(43-33-55-37-47-73(79)85(57)83(55)71)65-27-13-14-28-66(65)68-44-34-56-38-48-74-80(50-40-58-36-46-72(68)84(56)86(58)74)88(60-21-7-2-8-22-60)64-42-52-82-76(54-64)70-30-16-18-32-78(70)90(82)62-25-11-4-12-26-62/h1-54H. The summed E-state index contributed by atoms with van der Waals surface area (Å²) in [5, 5.41) is 19.8. The van der Waals surface area contributed by atoms with E-state index in [9.17, 15) is 0 Å². The lowest BCUT2D eigenvalue weighted by molar-refractivity contribution is 1.18. The third-order valence-corrected chi connectivity index (χ3v) is 19.2. The van der Waals surface area contributed by atoms with Crippen LogP contribution in [0.2, 0.25) is 0 Å². The van der Waals surface area contributed by atoms with E-state index in [0.717, 1.165) is 45.5 Å². The van der Waals surface area contributed by atoms with E-state index in [1.807, 2.05) is 0 Å². The van der Waals surface area contributed by atoms with E-state index in [4.69, 9.17) is 0 Å². The molecule has 0 unspecified atom stereocenters. The van der Waals surface area contributed by atoms with Crippen LogP contribution in [-0.4, -0.2) is 9.13 Å². The first-order chi connectivity index (χ1) is 44.7. The molecule has 0 radical (unpaired) electrons. The molecule has 418 valence electrons. The first-order valence-electron chi connectivity index (χ1n) is 31.1. The summed E-state index contributed by atoms with van der Waals surface area (Å²) in [6.07, 6.45) is 0. The quantitative estimate of drug-likeness (QED) is 0.127. The van der Waals surface area contributed by atoms with E-state index in [2.05, 4.69) is 347 Å². The summed E-state index contributed by atoms with van der Waals surface area (Å²) in [5.74, 6) is 0. The Morgan fingerprint density at radius 1 is 0.189 bits per heavy atom. The molecule has 19 rings (SSSR count). The van der Waals surface area contributed by atoms with Gasteiger partial charge in [-0.2, -0.15) is 0 Å². The highest BCUT2D eigenvalue weighted by Gasteiger charge is 2.25. The van der Waals surface area contributed by atoms with Crippen molar-refractivity contribution in [3.05, 3.63) is 328 Å². The van der Waals surface area contributed by atoms with Crippen LogP contribution in [0.3, 0.4) is 0 Å². The van der Waals surface area contributed by atoms with Crippen LogP contribution in [0.25, 0.3) is 142 Å². The monoisotopic (exact) mass is 1140 g/mol. The van der Waals surface area contributed by atoms with Gasteiger partial charge in [-0.25, -0.2) is 0 Å². The molecule has 0 N–H and O–H groups in total. The van der Waals surface area contributed by atoms with E-state index < -0.39 is 0 Å². The highest BCUT2D eigenvalue weighted by Crippen LogP contribution is 2.51. The van der Waals surface area contributed by atoms with Crippen molar-refractivity contribution in [1.82, 2.24) is 9.13 Å². The summed E-state index contributed by atoms with van der Waals surface area (Å²) in [6, 6.07) is 121. The summed E-state index contributed by atoms with van der Waals surface area (Å²) in [7, 11) is 0. The second-order valence-corrected chi connectivity index (χ2v) is 23.9. The third-order valence-electron chi connectivity index (χ3n) is 19.2. The molecule has 0 aliphatic heterocycles. The maximum absolute atomic E-state index is 2.46. The Hall–Kier alpha value is -12.0. The summed E-state index contributed by atoms with van der Waals surface area (Å²) in [4.78, 5) is 4.91. The van der Waals surface area contributed by atoms with Crippen LogP contribution in [0.15, 0.2) is 328 Å². The molecule has 0 spiro atoms. The first kappa shape index (κ1) is 50.2. The number of hydrogen-bond acceptors (Lipinski definition) is 2. The Morgan fingerprint density at radius 3 is 0.933 bits per heavy atom. The molecule has 4 nitrogen and oxygen atoms in total. The number of anilines is 6. The van der Waals surface area contributed by atoms with Crippen LogP contribution in [-0.2, 0) is 0 Å². The van der Waals surface area contributed by atoms with Crippen LogP contribution in [0.5, 0.6) is 0 Å². The van der Waals surface area contributed by atoms with Crippen LogP contribution >= 0.6 is 0 Å². The van der Waals surface area contributed by atoms with E-state index in [1.54, 1.807) is 0 Å². The van der Waals surface area contributed by atoms with Gasteiger partial charge in [-0.05, 0) is 185 Å². The van der Waals surface area contributed by atoms with Gasteiger partial charge in [-0.15, -0.1) is 0 Å². The molecule has 0 aliphatic carbocycles. The number of aromatic nitrogens is 2. The molecule has 4 heteroatoms. The predicted molar refractivity (Wildman–Crippen MR) is 383 cm³/mol. The van der Waals surface area contributed by atoms with E-state index in [-0.39, 0.29) is 0 Å². The highest BCUT2D eigenvalue weighted by molar-refractivity contribution is 6.30. The van der Waals surface area contributed by atoms with Gasteiger partial charge in [0.15, 0.2) is 0 Å². The van der Waals surface area contributed by atoms with Crippen molar-refractivity contribution in [1.29, 1.82) is 0 Å². The minimum absolute atomic E-state index is 1.10. The summed E-state index contributed by atoms with van der Waals surface area (Å²) < 4.78 is 4.78. The Labute approximate surface area is 519 Å². The molecule has 19 aromatic rings. The molecular weight excluding hydrogens is 1090 g/mol. The number of nitrogens with zero attached hydrogens (tertiary/aromatic N) is 4. The van der Waals surface area contributed by atoms with Crippen molar-refractivity contribution in [2.45, 2.75) is 0 Å².